The fourth-order valence-electron chi connectivity index (χ4n) is 8.41. The number of ether oxygens (including phenoxy) is 2. The van der Waals surface area contributed by atoms with Crippen molar-refractivity contribution in [1.29, 1.82) is 0 Å². The van der Waals surface area contributed by atoms with Gasteiger partial charge in [-0.25, -0.2) is 4.39 Å². The molecular formula is C40H49FN4O4. The molecule has 8 nitrogen and oxygen atoms in total. The molecule has 3 aliphatic heterocycles. The molecule has 4 aliphatic rings. The summed E-state index contributed by atoms with van der Waals surface area (Å²) < 4.78 is 26.7. The molecule has 49 heavy (non-hydrogen) atoms. The van der Waals surface area contributed by atoms with E-state index in [4.69, 9.17) is 9.47 Å². The van der Waals surface area contributed by atoms with Gasteiger partial charge in [0, 0.05) is 79.5 Å². The Bertz CT molecular complexity index is 1800. The number of nitrogens with one attached hydrogen (secondary N) is 2. The predicted octanol–water partition coefficient (Wildman–Crippen LogP) is 6.09. The van der Waals surface area contributed by atoms with Gasteiger partial charge in [-0.15, -0.1) is 0 Å². The summed E-state index contributed by atoms with van der Waals surface area (Å²) in [7, 11) is 0. The number of nitrogens with zero attached hydrogens (tertiary/aromatic N) is 2. The van der Waals surface area contributed by atoms with E-state index in [-0.39, 0.29) is 29.9 Å². The highest BCUT2D eigenvalue weighted by atomic mass is 19.1. The Labute approximate surface area is 288 Å². The standard InChI is InChI=1S/C40H49FN4O4/c1-4-45(30-13-15-48-16-14-30)38-19-28(10-9-27-11-12-29(37(41)18-27)22-44-23-32-20-31(44)24-49-32)17-35(25(38)2)39(46)42-21-36-34-8-6-5-7-33(34)26(3)43-40(36)47/h9-12,17-19,30-32H,4-8,13-16,20-24H2,1-3H3,(H,42,46)(H,43,47)/b10-9+/t31-,32-/m0/s1. The van der Waals surface area contributed by atoms with Gasteiger partial charge in [0.25, 0.3) is 11.5 Å². The summed E-state index contributed by atoms with van der Waals surface area (Å²) in [5.41, 5.74) is 8.61. The molecule has 0 saturated carbocycles. The molecule has 260 valence electrons. The predicted molar refractivity (Wildman–Crippen MR) is 192 cm³/mol. The van der Waals surface area contributed by atoms with Crippen molar-refractivity contribution >= 4 is 23.7 Å². The third-order valence-corrected chi connectivity index (χ3v) is 11.1. The Morgan fingerprint density at radius 2 is 1.86 bits per heavy atom. The minimum atomic E-state index is -0.210. The first-order valence-corrected chi connectivity index (χ1v) is 18.1. The molecule has 0 spiro atoms. The van der Waals surface area contributed by atoms with Gasteiger partial charge in [-0.3, -0.25) is 14.5 Å². The molecule has 3 saturated heterocycles. The normalized spacial score (nSPS) is 21.0. The number of benzene rings is 2. The van der Waals surface area contributed by atoms with Crippen molar-refractivity contribution in [1.82, 2.24) is 15.2 Å². The highest BCUT2D eigenvalue weighted by molar-refractivity contribution is 5.98. The zero-order valence-electron chi connectivity index (χ0n) is 29.1. The number of pyridine rings is 1. The van der Waals surface area contributed by atoms with Crippen LogP contribution in [0, 0.1) is 19.7 Å². The number of aromatic amines is 1. The number of carbonyl (C=O) groups excluding carboxylic acids is 1. The van der Waals surface area contributed by atoms with Crippen molar-refractivity contribution < 1.29 is 18.7 Å². The van der Waals surface area contributed by atoms with Crippen molar-refractivity contribution in [2.45, 2.75) is 97.0 Å². The number of morpholine rings is 1. The van der Waals surface area contributed by atoms with E-state index in [0.717, 1.165) is 111 Å². The zero-order chi connectivity index (χ0) is 34.1. The largest absolute Gasteiger partial charge is 0.381 e. The lowest BCUT2D eigenvalue weighted by atomic mass is 9.88. The molecule has 1 amide bonds. The lowest BCUT2D eigenvalue weighted by molar-refractivity contribution is 0.0269. The Hall–Kier alpha value is -3.79. The molecular weight excluding hydrogens is 619 g/mol. The van der Waals surface area contributed by atoms with E-state index in [1.54, 1.807) is 6.07 Å². The van der Waals surface area contributed by atoms with E-state index in [1.165, 1.54) is 5.56 Å². The minimum absolute atomic E-state index is 0.121. The van der Waals surface area contributed by atoms with Crippen molar-refractivity contribution in [2.24, 2.45) is 0 Å². The summed E-state index contributed by atoms with van der Waals surface area (Å²) in [5, 5.41) is 3.10. The highest BCUT2D eigenvalue weighted by Crippen LogP contribution is 2.32. The number of fused-ring (bicyclic) bond motifs is 3. The van der Waals surface area contributed by atoms with Gasteiger partial charge < -0.3 is 24.7 Å². The summed E-state index contributed by atoms with van der Waals surface area (Å²) in [6, 6.07) is 10.2. The first kappa shape index (κ1) is 33.7. The SMILES string of the molecule is CCN(c1cc(/C=C/c2ccc(CN3C[C@@H]4C[C@H]3CO4)c(F)c2)cc(C(=O)NCc2c3c(c(C)[nH]c2=O)CCCC3)c1C)C1CCOCC1. The van der Waals surface area contributed by atoms with Crippen molar-refractivity contribution in [2.75, 3.05) is 37.8 Å². The second kappa shape index (κ2) is 14.6. The van der Waals surface area contributed by atoms with Gasteiger partial charge in [0.05, 0.1) is 12.7 Å². The maximum absolute atomic E-state index is 15.3. The Balaban J connectivity index is 1.16. The van der Waals surface area contributed by atoms with Crippen molar-refractivity contribution in [3.8, 4) is 0 Å². The van der Waals surface area contributed by atoms with E-state index in [0.29, 0.717) is 35.3 Å². The number of H-pyrrole nitrogens is 1. The van der Waals surface area contributed by atoms with Gasteiger partial charge in [-0.05, 0) is 112 Å². The molecule has 1 aromatic heterocycles. The van der Waals surface area contributed by atoms with Crippen molar-refractivity contribution in [3.63, 3.8) is 0 Å². The Morgan fingerprint density at radius 1 is 1.08 bits per heavy atom. The lowest BCUT2D eigenvalue weighted by Crippen LogP contribution is -2.40. The average molecular weight is 669 g/mol. The summed E-state index contributed by atoms with van der Waals surface area (Å²) in [4.78, 5) is 34.8. The number of likely N-dealkylation sites (tertiary alicyclic amines) is 1. The number of hydrogen-bond donors (Lipinski definition) is 2. The van der Waals surface area contributed by atoms with Gasteiger partial charge in [0.2, 0.25) is 0 Å². The van der Waals surface area contributed by atoms with Crippen LogP contribution in [0.25, 0.3) is 12.2 Å². The molecule has 2 bridgehead atoms. The van der Waals surface area contributed by atoms with Crippen LogP contribution >= 0.6 is 0 Å². The van der Waals surface area contributed by atoms with E-state index >= 15 is 4.39 Å². The van der Waals surface area contributed by atoms with E-state index in [1.807, 2.05) is 44.2 Å². The first-order valence-electron chi connectivity index (χ1n) is 18.1. The molecule has 2 atom stereocenters. The van der Waals surface area contributed by atoms with Gasteiger partial charge >= 0.3 is 0 Å². The lowest BCUT2D eigenvalue weighted by Gasteiger charge is -2.36. The molecule has 7 rings (SSSR count). The van der Waals surface area contributed by atoms with Crippen LogP contribution in [0.2, 0.25) is 0 Å². The first-order chi connectivity index (χ1) is 23.8. The number of halogens is 1. The van der Waals surface area contributed by atoms with Crippen LogP contribution < -0.4 is 15.8 Å². The van der Waals surface area contributed by atoms with E-state index in [9.17, 15) is 9.59 Å². The molecule has 9 heteroatoms. The van der Waals surface area contributed by atoms with Crippen LogP contribution in [0.4, 0.5) is 10.1 Å². The van der Waals surface area contributed by atoms with Crippen LogP contribution in [-0.4, -0.2) is 66.9 Å². The van der Waals surface area contributed by atoms with Gasteiger partial charge in [-0.1, -0.05) is 24.3 Å². The quantitative estimate of drug-likeness (QED) is 0.255. The smallest absolute Gasteiger partial charge is 0.253 e. The molecule has 4 heterocycles. The molecule has 3 aromatic rings. The summed E-state index contributed by atoms with van der Waals surface area (Å²) in [5.74, 6) is -0.418. The number of carbonyl (C=O) groups is 1. The number of rotatable bonds is 10. The molecule has 0 radical (unpaired) electrons. The molecule has 1 aliphatic carbocycles. The Morgan fingerprint density at radius 3 is 2.57 bits per heavy atom. The summed E-state index contributed by atoms with van der Waals surface area (Å²) in [6.45, 7) is 10.7. The minimum Gasteiger partial charge on any atom is -0.381 e. The van der Waals surface area contributed by atoms with Gasteiger partial charge in [-0.2, -0.15) is 0 Å². The molecule has 2 N–H and O–H groups in total. The van der Waals surface area contributed by atoms with Crippen LogP contribution in [0.1, 0.15) is 94.0 Å². The molecule has 3 fully saturated rings. The van der Waals surface area contributed by atoms with Crippen LogP contribution in [-0.2, 0) is 35.4 Å². The highest BCUT2D eigenvalue weighted by Gasteiger charge is 2.39. The van der Waals surface area contributed by atoms with Crippen LogP contribution in [0.5, 0.6) is 0 Å². The monoisotopic (exact) mass is 668 g/mol. The van der Waals surface area contributed by atoms with E-state index in [2.05, 4.69) is 33.1 Å². The maximum Gasteiger partial charge on any atom is 0.253 e. The molecule has 2 aromatic carbocycles. The number of aryl methyl sites for hydroxylation is 1. The maximum atomic E-state index is 15.3. The number of amides is 1. The average Bonchev–Trinajstić information content (AvgIpc) is 3.74. The van der Waals surface area contributed by atoms with Crippen molar-refractivity contribution in [3.05, 3.63) is 96.7 Å². The van der Waals surface area contributed by atoms with Gasteiger partial charge in [0.1, 0.15) is 5.82 Å². The number of hydrogen-bond acceptors (Lipinski definition) is 6. The second-order valence-electron chi connectivity index (χ2n) is 14.2. The van der Waals surface area contributed by atoms with E-state index < -0.39 is 0 Å². The second-order valence-corrected chi connectivity index (χ2v) is 14.2. The zero-order valence-corrected chi connectivity index (χ0v) is 29.1. The number of anilines is 1. The Kier molecular flexibility index (Phi) is 10.0. The summed E-state index contributed by atoms with van der Waals surface area (Å²) >= 11 is 0. The third-order valence-electron chi connectivity index (χ3n) is 11.1. The fraction of sp³-hybridized carbons (Fsp3) is 0.500. The summed E-state index contributed by atoms with van der Waals surface area (Å²) in [6.07, 6.45) is 11.0. The van der Waals surface area contributed by atoms with Crippen LogP contribution in [0.3, 0.4) is 0 Å². The number of aromatic nitrogens is 1. The topological polar surface area (TPSA) is 86.9 Å². The third kappa shape index (κ3) is 7.12. The van der Waals surface area contributed by atoms with Gasteiger partial charge in [0.15, 0.2) is 0 Å². The van der Waals surface area contributed by atoms with Crippen LogP contribution in [0.15, 0.2) is 35.1 Å². The fourth-order valence-corrected chi connectivity index (χ4v) is 8.41. The molecule has 0 unspecified atom stereocenters.